The third kappa shape index (κ3) is 3.13. The van der Waals surface area contributed by atoms with Crippen molar-refractivity contribution in [2.75, 3.05) is 0 Å². The van der Waals surface area contributed by atoms with Gasteiger partial charge in [0.25, 0.3) is 0 Å². The van der Waals surface area contributed by atoms with Crippen LogP contribution in [-0.4, -0.2) is 26.2 Å². The number of tetrazole rings is 1. The quantitative estimate of drug-likeness (QED) is 0.903. The lowest BCUT2D eigenvalue weighted by Gasteiger charge is -2.08. The Morgan fingerprint density at radius 1 is 1.42 bits per heavy atom. The minimum atomic E-state index is 0.748. The second kappa shape index (κ2) is 5.30. The molecular formula is C13H17N5S. The summed E-state index contributed by atoms with van der Waals surface area (Å²) in [4.78, 5) is 1.17. The first-order valence-corrected chi connectivity index (χ1v) is 7.27. The summed E-state index contributed by atoms with van der Waals surface area (Å²) in [5.41, 5.74) is 2.68. The average molecular weight is 275 g/mol. The summed E-state index contributed by atoms with van der Waals surface area (Å²) >= 11 is 1.59. The van der Waals surface area contributed by atoms with Crippen LogP contribution >= 0.6 is 11.8 Å². The van der Waals surface area contributed by atoms with Gasteiger partial charge >= 0.3 is 0 Å². The van der Waals surface area contributed by atoms with E-state index in [1.807, 2.05) is 7.05 Å². The summed E-state index contributed by atoms with van der Waals surface area (Å²) in [6, 6.07) is 7.27. The van der Waals surface area contributed by atoms with Gasteiger partial charge in [-0.05, 0) is 65.2 Å². The van der Waals surface area contributed by atoms with E-state index < -0.39 is 0 Å². The number of benzene rings is 1. The van der Waals surface area contributed by atoms with Crippen molar-refractivity contribution in [2.45, 2.75) is 42.4 Å². The van der Waals surface area contributed by atoms with E-state index in [0.717, 1.165) is 17.7 Å². The minimum absolute atomic E-state index is 0.748. The summed E-state index contributed by atoms with van der Waals surface area (Å²) in [6.45, 7) is 3.12. The Balaban J connectivity index is 1.69. The highest BCUT2D eigenvalue weighted by Crippen LogP contribution is 2.27. The van der Waals surface area contributed by atoms with Crippen LogP contribution in [0, 0.1) is 6.92 Å². The number of aryl methyl sites for hydroxylation is 2. The first-order chi connectivity index (χ1) is 9.22. The number of aromatic nitrogens is 4. The van der Waals surface area contributed by atoms with Crippen LogP contribution in [0.2, 0.25) is 0 Å². The first kappa shape index (κ1) is 12.6. The normalized spacial score (nSPS) is 14.8. The summed E-state index contributed by atoms with van der Waals surface area (Å²) in [6.07, 6.45) is 2.65. The fourth-order valence-corrected chi connectivity index (χ4v) is 2.71. The molecular weight excluding hydrogens is 258 g/mol. The lowest BCUT2D eigenvalue weighted by atomic mass is 10.1. The van der Waals surface area contributed by atoms with Gasteiger partial charge in [-0.25, -0.2) is 4.68 Å². The van der Waals surface area contributed by atoms with E-state index in [-0.39, 0.29) is 0 Å². The van der Waals surface area contributed by atoms with Crippen LogP contribution in [0.1, 0.15) is 24.0 Å². The van der Waals surface area contributed by atoms with Crippen molar-refractivity contribution >= 4 is 11.8 Å². The largest absolute Gasteiger partial charge is 0.310 e. The maximum absolute atomic E-state index is 3.98. The third-order valence-electron chi connectivity index (χ3n) is 3.26. The van der Waals surface area contributed by atoms with Gasteiger partial charge in [-0.3, -0.25) is 0 Å². The van der Waals surface area contributed by atoms with E-state index in [9.17, 15) is 0 Å². The van der Waals surface area contributed by atoms with Crippen molar-refractivity contribution in [3.63, 3.8) is 0 Å². The monoisotopic (exact) mass is 275 g/mol. The molecule has 1 fully saturated rings. The van der Waals surface area contributed by atoms with Gasteiger partial charge in [0.05, 0.1) is 0 Å². The van der Waals surface area contributed by atoms with Crippen molar-refractivity contribution in [3.8, 4) is 0 Å². The lowest BCUT2D eigenvalue weighted by Crippen LogP contribution is -2.15. The Labute approximate surface area is 116 Å². The molecule has 1 N–H and O–H groups in total. The fraction of sp³-hybridized carbons (Fsp3) is 0.462. The van der Waals surface area contributed by atoms with Crippen LogP contribution in [0.25, 0.3) is 0 Å². The Bertz CT molecular complexity index is 576. The number of rotatable bonds is 5. The van der Waals surface area contributed by atoms with Gasteiger partial charge in [0.2, 0.25) is 5.16 Å². The van der Waals surface area contributed by atoms with Gasteiger partial charge in [-0.1, -0.05) is 6.07 Å². The molecule has 0 saturated heterocycles. The highest BCUT2D eigenvalue weighted by atomic mass is 32.2. The minimum Gasteiger partial charge on any atom is -0.310 e. The smallest absolute Gasteiger partial charge is 0.213 e. The number of hydrogen-bond donors (Lipinski definition) is 1. The fourth-order valence-electron chi connectivity index (χ4n) is 1.89. The zero-order valence-electron chi connectivity index (χ0n) is 11.1. The summed E-state index contributed by atoms with van der Waals surface area (Å²) in [5.74, 6) is 0. The Kier molecular flexibility index (Phi) is 3.52. The molecule has 100 valence electrons. The number of nitrogens with zero attached hydrogens (tertiary/aromatic N) is 4. The molecule has 0 bridgehead atoms. The van der Waals surface area contributed by atoms with Crippen molar-refractivity contribution in [1.29, 1.82) is 0 Å². The van der Waals surface area contributed by atoms with E-state index in [2.05, 4.69) is 46.0 Å². The van der Waals surface area contributed by atoms with E-state index in [0.29, 0.717) is 0 Å². The molecule has 5 nitrogen and oxygen atoms in total. The molecule has 3 rings (SSSR count). The standard InChI is InChI=1S/C13H17N5S/c1-9-7-12(19-13-15-16-17-18(13)2)6-3-10(9)8-14-11-4-5-11/h3,6-7,11,14H,4-5,8H2,1-2H3. The molecule has 1 saturated carbocycles. The van der Waals surface area contributed by atoms with Gasteiger partial charge in [0, 0.05) is 24.5 Å². The van der Waals surface area contributed by atoms with Crippen LogP contribution in [0.4, 0.5) is 0 Å². The van der Waals surface area contributed by atoms with Gasteiger partial charge in [-0.2, -0.15) is 0 Å². The molecule has 6 heteroatoms. The predicted octanol–water partition coefficient (Wildman–Crippen LogP) is 1.92. The van der Waals surface area contributed by atoms with E-state index in [4.69, 9.17) is 0 Å². The van der Waals surface area contributed by atoms with Crippen LogP contribution in [0.3, 0.4) is 0 Å². The molecule has 0 amide bonds. The maximum Gasteiger partial charge on any atom is 0.213 e. The molecule has 2 aromatic rings. The Morgan fingerprint density at radius 3 is 2.89 bits per heavy atom. The number of hydrogen-bond acceptors (Lipinski definition) is 5. The van der Waals surface area contributed by atoms with Gasteiger partial charge in [-0.15, -0.1) is 5.10 Å². The van der Waals surface area contributed by atoms with Crippen LogP contribution in [0.5, 0.6) is 0 Å². The van der Waals surface area contributed by atoms with E-state index in [1.54, 1.807) is 16.4 Å². The van der Waals surface area contributed by atoms with Crippen molar-refractivity contribution in [2.24, 2.45) is 7.05 Å². The van der Waals surface area contributed by atoms with Gasteiger partial charge in [0.1, 0.15) is 0 Å². The maximum atomic E-state index is 3.98. The SMILES string of the molecule is Cc1cc(Sc2nnnn2C)ccc1CNC1CC1. The van der Waals surface area contributed by atoms with E-state index in [1.165, 1.54) is 28.9 Å². The molecule has 0 radical (unpaired) electrons. The van der Waals surface area contributed by atoms with Gasteiger partial charge in [0.15, 0.2) is 0 Å². The second-order valence-corrected chi connectivity index (χ2v) is 5.97. The van der Waals surface area contributed by atoms with Crippen LogP contribution < -0.4 is 5.32 Å². The molecule has 1 heterocycles. The summed E-state index contributed by atoms with van der Waals surface area (Å²) < 4.78 is 1.68. The second-order valence-electron chi connectivity index (χ2n) is 4.93. The summed E-state index contributed by atoms with van der Waals surface area (Å²) in [7, 11) is 1.85. The lowest BCUT2D eigenvalue weighted by molar-refractivity contribution is 0.664. The average Bonchev–Trinajstić information content (AvgIpc) is 3.13. The van der Waals surface area contributed by atoms with Crippen LogP contribution in [-0.2, 0) is 13.6 Å². The molecule has 1 aromatic heterocycles. The molecule has 0 unspecified atom stereocenters. The van der Waals surface area contributed by atoms with Crippen LogP contribution in [0.15, 0.2) is 28.3 Å². The molecule has 1 aromatic carbocycles. The third-order valence-corrected chi connectivity index (χ3v) is 4.28. The highest BCUT2D eigenvalue weighted by molar-refractivity contribution is 7.99. The Morgan fingerprint density at radius 2 is 2.26 bits per heavy atom. The molecule has 0 aliphatic heterocycles. The van der Waals surface area contributed by atoms with Crippen molar-refractivity contribution in [3.05, 3.63) is 29.3 Å². The molecule has 1 aliphatic carbocycles. The molecule has 19 heavy (non-hydrogen) atoms. The summed E-state index contributed by atoms with van der Waals surface area (Å²) in [5, 5.41) is 15.8. The van der Waals surface area contributed by atoms with Crippen molar-refractivity contribution < 1.29 is 0 Å². The number of nitrogens with one attached hydrogen (secondary N) is 1. The molecule has 0 spiro atoms. The van der Waals surface area contributed by atoms with Crippen molar-refractivity contribution in [1.82, 2.24) is 25.5 Å². The molecule has 1 aliphatic rings. The molecule has 0 atom stereocenters. The predicted molar refractivity (Wildman–Crippen MR) is 74.0 cm³/mol. The zero-order chi connectivity index (χ0) is 13.2. The first-order valence-electron chi connectivity index (χ1n) is 6.45. The zero-order valence-corrected chi connectivity index (χ0v) is 11.9. The topological polar surface area (TPSA) is 55.6 Å². The van der Waals surface area contributed by atoms with E-state index >= 15 is 0 Å². The highest BCUT2D eigenvalue weighted by Gasteiger charge is 2.20. The Hall–Kier alpha value is -1.40. The van der Waals surface area contributed by atoms with Gasteiger partial charge < -0.3 is 5.32 Å².